The van der Waals surface area contributed by atoms with Crippen molar-refractivity contribution < 1.29 is 19.1 Å². The van der Waals surface area contributed by atoms with Crippen molar-refractivity contribution in [3.05, 3.63) is 82.1 Å². The molecule has 1 aliphatic rings. The number of piperidine rings is 1. The van der Waals surface area contributed by atoms with Crippen LogP contribution in [0.3, 0.4) is 0 Å². The number of ether oxygens (including phenoxy) is 1. The zero-order valence-electron chi connectivity index (χ0n) is 21.5. The van der Waals surface area contributed by atoms with E-state index in [1.54, 1.807) is 59.8 Å². The van der Waals surface area contributed by atoms with E-state index in [-0.39, 0.29) is 25.0 Å². The Labute approximate surface area is 236 Å². The second kappa shape index (κ2) is 13.9. The Morgan fingerprint density at radius 1 is 1.15 bits per heavy atom. The summed E-state index contributed by atoms with van der Waals surface area (Å²) in [4.78, 5) is 49.8. The predicted molar refractivity (Wildman–Crippen MR) is 150 cm³/mol. The van der Waals surface area contributed by atoms with Crippen LogP contribution in [0.25, 0.3) is 6.08 Å². The number of aromatic nitrogens is 2. The van der Waals surface area contributed by atoms with Gasteiger partial charge in [-0.05, 0) is 42.8 Å². The predicted octanol–water partition coefficient (Wildman–Crippen LogP) is 3.43. The zero-order valence-corrected chi connectivity index (χ0v) is 23.1. The number of hydrogen-bond donors (Lipinski definition) is 2. The van der Waals surface area contributed by atoms with Crippen molar-refractivity contribution in [2.75, 3.05) is 19.6 Å². The Hall–Kier alpha value is -3.76. The fourth-order valence-electron chi connectivity index (χ4n) is 4.05. The fourth-order valence-corrected chi connectivity index (χ4v) is 4.85. The number of pyridine rings is 1. The average Bonchev–Trinajstić information content (AvgIpc) is 3.36. The van der Waals surface area contributed by atoms with Gasteiger partial charge in [0.25, 0.3) is 5.19 Å². The minimum absolute atomic E-state index is 0.00748. The first-order chi connectivity index (χ1) is 18.9. The Morgan fingerprint density at radius 3 is 2.59 bits per heavy atom. The van der Waals surface area contributed by atoms with E-state index in [0.717, 1.165) is 10.4 Å². The summed E-state index contributed by atoms with van der Waals surface area (Å²) < 4.78 is 5.92. The number of carbonyl (C=O) groups is 3. The summed E-state index contributed by atoms with van der Waals surface area (Å²) in [5.74, 6) is -1.08. The molecule has 0 bridgehead atoms. The minimum atomic E-state index is -0.907. The van der Waals surface area contributed by atoms with E-state index in [2.05, 4.69) is 20.6 Å². The van der Waals surface area contributed by atoms with E-state index in [1.807, 2.05) is 13.0 Å². The molecule has 0 aliphatic carbocycles. The monoisotopic (exact) mass is 567 g/mol. The van der Waals surface area contributed by atoms with Crippen LogP contribution in [0.1, 0.15) is 29.0 Å². The molecule has 1 aliphatic heterocycles. The smallest absolute Gasteiger partial charge is 0.273 e. The molecule has 0 unspecified atom stereocenters. The van der Waals surface area contributed by atoms with Gasteiger partial charge in [0.15, 0.2) is 0 Å². The van der Waals surface area contributed by atoms with Crippen LogP contribution in [0.15, 0.2) is 60.9 Å². The van der Waals surface area contributed by atoms with Gasteiger partial charge in [0.1, 0.15) is 12.1 Å². The number of rotatable bonds is 10. The van der Waals surface area contributed by atoms with Crippen molar-refractivity contribution in [2.45, 2.75) is 38.3 Å². The average molecular weight is 568 g/mol. The van der Waals surface area contributed by atoms with Crippen molar-refractivity contribution in [3.8, 4) is 5.19 Å². The summed E-state index contributed by atoms with van der Waals surface area (Å²) in [6.45, 7) is 2.89. The quantitative estimate of drug-likeness (QED) is 0.363. The lowest BCUT2D eigenvalue weighted by Crippen LogP contribution is -2.51. The van der Waals surface area contributed by atoms with Gasteiger partial charge in [0.2, 0.25) is 17.7 Å². The van der Waals surface area contributed by atoms with Crippen LogP contribution in [0, 0.1) is 6.92 Å². The first kappa shape index (κ1) is 28.3. The van der Waals surface area contributed by atoms with Gasteiger partial charge in [-0.25, -0.2) is 4.98 Å². The van der Waals surface area contributed by atoms with Gasteiger partial charge in [-0.15, -0.1) is 0 Å². The highest BCUT2D eigenvalue weighted by molar-refractivity contribution is 7.13. The molecule has 2 N–H and O–H groups in total. The highest BCUT2D eigenvalue weighted by Crippen LogP contribution is 2.23. The first-order valence-corrected chi connectivity index (χ1v) is 13.8. The number of carbonyl (C=O) groups excluding carboxylic acids is 3. The maximum atomic E-state index is 13.1. The molecule has 204 valence electrons. The molecule has 9 nitrogen and oxygen atoms in total. The molecule has 0 saturated carbocycles. The number of likely N-dealkylation sites (tertiary alicyclic amines) is 1. The van der Waals surface area contributed by atoms with Gasteiger partial charge < -0.3 is 20.3 Å². The molecule has 1 aromatic carbocycles. The first-order valence-electron chi connectivity index (χ1n) is 12.6. The third-order valence-corrected chi connectivity index (χ3v) is 7.20. The van der Waals surface area contributed by atoms with Gasteiger partial charge in [0, 0.05) is 66.4 Å². The van der Waals surface area contributed by atoms with Gasteiger partial charge >= 0.3 is 0 Å². The standard InChI is InChI=1S/C28H30ClN5O4S/c1-19-17-32-28(39-19)38-23-11-14-34(15-12-23)26(36)18-31-27(37)24(16-22-4-2-3-13-30-22)33-25(35)10-7-20-5-8-21(29)9-6-20/h2-10,13,17,23-24H,11-12,14-16,18H2,1H3,(H,31,37)(H,33,35)/t24-/m0/s1. The van der Waals surface area contributed by atoms with Gasteiger partial charge in [-0.2, -0.15) is 0 Å². The van der Waals surface area contributed by atoms with Gasteiger partial charge in [0.05, 0.1) is 6.54 Å². The van der Waals surface area contributed by atoms with Crippen LogP contribution >= 0.6 is 22.9 Å². The summed E-state index contributed by atoms with van der Waals surface area (Å²) in [6.07, 6.45) is 7.96. The lowest BCUT2D eigenvalue weighted by Gasteiger charge is -2.31. The van der Waals surface area contributed by atoms with Crippen molar-refractivity contribution in [3.63, 3.8) is 0 Å². The molecular weight excluding hydrogens is 538 g/mol. The molecule has 3 aromatic rings. The summed E-state index contributed by atoms with van der Waals surface area (Å²) in [7, 11) is 0. The maximum absolute atomic E-state index is 13.1. The number of amides is 3. The topological polar surface area (TPSA) is 114 Å². The normalized spacial score (nSPS) is 14.7. The van der Waals surface area contributed by atoms with Gasteiger partial charge in [-0.1, -0.05) is 41.1 Å². The maximum Gasteiger partial charge on any atom is 0.273 e. The third kappa shape index (κ3) is 8.90. The Bertz CT molecular complexity index is 1290. The van der Waals surface area contributed by atoms with E-state index >= 15 is 0 Å². The zero-order chi connectivity index (χ0) is 27.6. The fraction of sp³-hybridized carbons (Fsp3) is 0.321. The Kier molecular flexibility index (Phi) is 10.0. The molecule has 1 saturated heterocycles. The van der Waals surface area contributed by atoms with Crippen LogP contribution in [0.4, 0.5) is 0 Å². The number of nitrogens with zero attached hydrogens (tertiary/aromatic N) is 3. The van der Waals surface area contributed by atoms with Crippen LogP contribution in [-0.4, -0.2) is 64.4 Å². The molecule has 3 heterocycles. The van der Waals surface area contributed by atoms with E-state index in [0.29, 0.717) is 41.8 Å². The molecule has 2 aromatic heterocycles. The molecule has 3 amide bonds. The number of halogens is 1. The number of benzene rings is 1. The Morgan fingerprint density at radius 2 is 1.92 bits per heavy atom. The molecule has 1 fully saturated rings. The van der Waals surface area contributed by atoms with Gasteiger partial charge in [-0.3, -0.25) is 19.4 Å². The van der Waals surface area contributed by atoms with Crippen molar-refractivity contribution in [1.82, 2.24) is 25.5 Å². The summed E-state index contributed by atoms with van der Waals surface area (Å²) in [6, 6.07) is 11.5. The number of hydrogen-bond acceptors (Lipinski definition) is 7. The van der Waals surface area contributed by atoms with Crippen LogP contribution in [-0.2, 0) is 20.8 Å². The lowest BCUT2D eigenvalue weighted by atomic mass is 10.1. The summed E-state index contributed by atoms with van der Waals surface area (Å²) in [5, 5.41) is 6.66. The van der Waals surface area contributed by atoms with E-state index < -0.39 is 17.9 Å². The summed E-state index contributed by atoms with van der Waals surface area (Å²) >= 11 is 7.41. The Balaban J connectivity index is 1.29. The molecule has 1 atom stereocenters. The number of thiazole rings is 1. The SMILES string of the molecule is Cc1cnc(OC2CCN(C(=O)CNC(=O)[C@H](Cc3ccccn3)NC(=O)C=Cc3ccc(Cl)cc3)CC2)s1. The second-order valence-corrected chi connectivity index (χ2v) is 10.8. The number of aryl methyl sites for hydroxylation is 1. The van der Waals surface area contributed by atoms with Crippen molar-refractivity contribution in [1.29, 1.82) is 0 Å². The van der Waals surface area contributed by atoms with E-state index in [1.165, 1.54) is 17.4 Å². The van der Waals surface area contributed by atoms with Crippen molar-refractivity contribution >= 4 is 46.7 Å². The molecule has 4 rings (SSSR count). The second-order valence-electron chi connectivity index (χ2n) is 9.12. The minimum Gasteiger partial charge on any atom is -0.467 e. The van der Waals surface area contributed by atoms with Crippen LogP contribution < -0.4 is 15.4 Å². The largest absolute Gasteiger partial charge is 0.467 e. The third-order valence-electron chi connectivity index (χ3n) is 6.15. The molecule has 11 heteroatoms. The molecule has 39 heavy (non-hydrogen) atoms. The molecule has 0 spiro atoms. The van der Waals surface area contributed by atoms with E-state index in [9.17, 15) is 14.4 Å². The lowest BCUT2D eigenvalue weighted by molar-refractivity contribution is -0.135. The van der Waals surface area contributed by atoms with E-state index in [4.69, 9.17) is 16.3 Å². The van der Waals surface area contributed by atoms with Crippen LogP contribution in [0.2, 0.25) is 5.02 Å². The molecular formula is C28H30ClN5O4S. The highest BCUT2D eigenvalue weighted by atomic mass is 35.5. The summed E-state index contributed by atoms with van der Waals surface area (Å²) in [5.41, 5.74) is 1.44. The number of nitrogens with one attached hydrogen (secondary N) is 2. The van der Waals surface area contributed by atoms with Crippen molar-refractivity contribution in [2.24, 2.45) is 0 Å². The highest BCUT2D eigenvalue weighted by Gasteiger charge is 2.26. The van der Waals surface area contributed by atoms with Crippen LogP contribution in [0.5, 0.6) is 5.19 Å². The molecule has 0 radical (unpaired) electrons.